The zero-order valence-electron chi connectivity index (χ0n) is 9.48. The molecule has 0 amide bonds. The van der Waals surface area contributed by atoms with Crippen LogP contribution in [-0.4, -0.2) is 32.1 Å². The van der Waals surface area contributed by atoms with E-state index in [0.29, 0.717) is 17.8 Å². The molecule has 94 valence electrons. The van der Waals surface area contributed by atoms with Crippen molar-refractivity contribution in [3.8, 4) is 0 Å². The minimum Gasteiger partial charge on any atom is -0.309 e. The Balaban J connectivity index is 2.60. The van der Waals surface area contributed by atoms with Crippen LogP contribution in [0.2, 0.25) is 0 Å². The molecule has 18 heavy (non-hydrogen) atoms. The normalized spacial score (nSPS) is 12.6. The maximum absolute atomic E-state index is 11.3. The molecule has 0 unspecified atom stereocenters. The molecule has 0 aliphatic heterocycles. The van der Waals surface area contributed by atoms with E-state index in [2.05, 4.69) is 10.2 Å². The summed E-state index contributed by atoms with van der Waals surface area (Å²) in [5, 5.41) is 6.91. The van der Waals surface area contributed by atoms with Gasteiger partial charge in [-0.25, -0.2) is 4.40 Å². The fraction of sp³-hybridized carbons (Fsp3) is 0.200. The second kappa shape index (κ2) is 3.53. The fourth-order valence-electron chi connectivity index (χ4n) is 2.12. The van der Waals surface area contributed by atoms with Gasteiger partial charge in [-0.1, -0.05) is 12.1 Å². The highest BCUT2D eigenvalue weighted by Gasteiger charge is 2.23. The minimum atomic E-state index is -4.40. The first-order chi connectivity index (χ1) is 8.54. The number of nitrogens with zero attached hydrogens (tertiary/aromatic N) is 4. The summed E-state index contributed by atoms with van der Waals surface area (Å²) in [6, 6.07) is 7.26. The van der Waals surface area contributed by atoms with Crippen molar-refractivity contribution in [2.24, 2.45) is 0 Å². The highest BCUT2D eigenvalue weighted by atomic mass is 32.2. The second-order valence-electron chi connectivity index (χ2n) is 3.83. The number of hydrogen-bond acceptors (Lipinski definition) is 4. The predicted molar refractivity (Wildman–Crippen MR) is 64.0 cm³/mol. The largest absolute Gasteiger partial charge is 0.331 e. The van der Waals surface area contributed by atoms with Gasteiger partial charge in [-0.3, -0.25) is 4.55 Å². The third-order valence-corrected chi connectivity index (χ3v) is 3.54. The molecule has 2 heterocycles. The van der Waals surface area contributed by atoms with Crippen molar-refractivity contribution in [2.75, 3.05) is 0 Å². The van der Waals surface area contributed by atoms with Crippen LogP contribution < -0.4 is 0 Å². The molecule has 0 bridgehead atoms. The van der Waals surface area contributed by atoms with E-state index in [4.69, 9.17) is 4.55 Å². The molecule has 3 aromatic rings. The maximum atomic E-state index is 11.3. The Morgan fingerprint density at radius 1 is 1.22 bits per heavy atom. The van der Waals surface area contributed by atoms with Gasteiger partial charge in [0.2, 0.25) is 5.78 Å². The number of rotatable bonds is 2. The molecule has 1 N–H and O–H groups in total. The van der Waals surface area contributed by atoms with Crippen LogP contribution in [0.1, 0.15) is 6.92 Å². The Kier molecular flexibility index (Phi) is 2.19. The molecule has 0 saturated carbocycles. The average molecular weight is 266 g/mol. The Morgan fingerprint density at radius 2 is 1.89 bits per heavy atom. The quantitative estimate of drug-likeness (QED) is 0.697. The summed E-state index contributed by atoms with van der Waals surface area (Å²) in [5.74, 6) is 0.395. The van der Waals surface area contributed by atoms with E-state index in [1.807, 2.05) is 23.6 Å². The van der Waals surface area contributed by atoms with Gasteiger partial charge >= 0.3 is 10.1 Å². The predicted octanol–water partition coefficient (Wildman–Crippen LogP) is 0.951. The van der Waals surface area contributed by atoms with Gasteiger partial charge in [0.1, 0.15) is 0 Å². The highest BCUT2D eigenvalue weighted by Crippen LogP contribution is 2.22. The summed E-state index contributed by atoms with van der Waals surface area (Å²) >= 11 is 0. The van der Waals surface area contributed by atoms with E-state index in [-0.39, 0.29) is 0 Å². The molecular formula is C10H10N4O3S. The van der Waals surface area contributed by atoms with Crippen molar-refractivity contribution in [3.63, 3.8) is 0 Å². The fourth-order valence-corrected chi connectivity index (χ4v) is 2.67. The molecule has 8 heteroatoms. The highest BCUT2D eigenvalue weighted by molar-refractivity contribution is 7.85. The van der Waals surface area contributed by atoms with E-state index in [1.54, 1.807) is 12.1 Å². The van der Waals surface area contributed by atoms with Crippen LogP contribution in [0, 0.1) is 0 Å². The smallest absolute Gasteiger partial charge is 0.309 e. The summed E-state index contributed by atoms with van der Waals surface area (Å²) in [4.78, 5) is 0. The Hall–Kier alpha value is -1.93. The Bertz CT molecular complexity index is 847. The van der Waals surface area contributed by atoms with Gasteiger partial charge in [0.25, 0.3) is 5.16 Å². The molecule has 7 nitrogen and oxygen atoms in total. The Morgan fingerprint density at radius 3 is 2.50 bits per heavy atom. The summed E-state index contributed by atoms with van der Waals surface area (Å²) in [7, 11) is -4.40. The number of hydrogen-bond donors (Lipinski definition) is 1. The lowest BCUT2D eigenvalue weighted by molar-refractivity contribution is 0.473. The van der Waals surface area contributed by atoms with Gasteiger partial charge in [-0.2, -0.15) is 8.42 Å². The lowest BCUT2D eigenvalue weighted by atomic mass is 10.3. The van der Waals surface area contributed by atoms with Crippen molar-refractivity contribution in [1.29, 1.82) is 0 Å². The van der Waals surface area contributed by atoms with Crippen LogP contribution in [0.5, 0.6) is 0 Å². The lowest BCUT2D eigenvalue weighted by Gasteiger charge is -1.97. The first kappa shape index (κ1) is 11.2. The zero-order chi connectivity index (χ0) is 12.9. The molecule has 0 spiro atoms. The molecule has 0 saturated heterocycles. The first-order valence-electron chi connectivity index (χ1n) is 5.34. The molecule has 0 atom stereocenters. The van der Waals surface area contributed by atoms with Crippen LogP contribution in [0.3, 0.4) is 0 Å². The van der Waals surface area contributed by atoms with Crippen LogP contribution in [0.4, 0.5) is 0 Å². The standard InChI is InChI=1S/C10H10N4O3S/c1-2-13-7-5-3-4-6-8(7)14-9(13)11-12-10(14)18(15,16)17/h3-6H,2H2,1H3,(H,15,16,17). The van der Waals surface area contributed by atoms with Crippen molar-refractivity contribution >= 4 is 26.9 Å². The number of benzene rings is 1. The second-order valence-corrected chi connectivity index (χ2v) is 5.14. The van der Waals surface area contributed by atoms with Gasteiger partial charge in [-0.15, -0.1) is 10.2 Å². The molecule has 1 aromatic carbocycles. The monoisotopic (exact) mass is 266 g/mol. The van der Waals surface area contributed by atoms with Crippen molar-refractivity contribution in [1.82, 2.24) is 19.2 Å². The van der Waals surface area contributed by atoms with Crippen molar-refractivity contribution in [3.05, 3.63) is 24.3 Å². The third kappa shape index (κ3) is 1.36. The number of aromatic nitrogens is 4. The molecule has 2 aromatic heterocycles. The average Bonchev–Trinajstić information content (AvgIpc) is 2.85. The maximum Gasteiger partial charge on any atom is 0.331 e. The van der Waals surface area contributed by atoms with Gasteiger partial charge in [-0.05, 0) is 19.1 Å². The SMILES string of the molecule is CCn1c2ccccc2n2c(S(=O)(=O)O)nnc12. The lowest BCUT2D eigenvalue weighted by Crippen LogP contribution is -2.03. The molecule has 3 rings (SSSR count). The van der Waals surface area contributed by atoms with Crippen molar-refractivity contribution in [2.45, 2.75) is 18.6 Å². The number of imidazole rings is 1. The zero-order valence-corrected chi connectivity index (χ0v) is 10.3. The summed E-state index contributed by atoms with van der Waals surface area (Å²) < 4.78 is 34.9. The summed E-state index contributed by atoms with van der Waals surface area (Å²) in [5.41, 5.74) is 1.49. The molecule has 0 aliphatic rings. The van der Waals surface area contributed by atoms with Gasteiger partial charge in [0.05, 0.1) is 11.0 Å². The third-order valence-electron chi connectivity index (χ3n) is 2.82. The molecular weight excluding hydrogens is 256 g/mol. The van der Waals surface area contributed by atoms with E-state index in [1.165, 1.54) is 4.40 Å². The van der Waals surface area contributed by atoms with Gasteiger partial charge in [0.15, 0.2) is 0 Å². The number of fused-ring (bicyclic) bond motifs is 3. The first-order valence-corrected chi connectivity index (χ1v) is 6.78. The Labute approximate surface area is 102 Å². The molecule has 0 fully saturated rings. The van der Waals surface area contributed by atoms with E-state index in [0.717, 1.165) is 5.52 Å². The number of para-hydroxylation sites is 2. The van der Waals surface area contributed by atoms with Crippen LogP contribution in [-0.2, 0) is 16.7 Å². The van der Waals surface area contributed by atoms with Crippen LogP contribution >= 0.6 is 0 Å². The van der Waals surface area contributed by atoms with Crippen molar-refractivity contribution < 1.29 is 13.0 Å². The summed E-state index contributed by atoms with van der Waals surface area (Å²) in [6.45, 7) is 2.55. The number of aryl methyl sites for hydroxylation is 1. The molecule has 0 radical (unpaired) electrons. The van der Waals surface area contributed by atoms with E-state index >= 15 is 0 Å². The van der Waals surface area contributed by atoms with Crippen LogP contribution in [0.15, 0.2) is 29.4 Å². The summed E-state index contributed by atoms with van der Waals surface area (Å²) in [6.07, 6.45) is 0. The van der Waals surface area contributed by atoms with Gasteiger partial charge in [0, 0.05) is 6.54 Å². The minimum absolute atomic E-state index is 0.395. The topological polar surface area (TPSA) is 89.5 Å². The molecule has 0 aliphatic carbocycles. The van der Waals surface area contributed by atoms with Gasteiger partial charge < -0.3 is 4.57 Å². The van der Waals surface area contributed by atoms with E-state index in [9.17, 15) is 8.42 Å². The van der Waals surface area contributed by atoms with Crippen LogP contribution in [0.25, 0.3) is 16.8 Å². The van der Waals surface area contributed by atoms with E-state index < -0.39 is 15.3 Å².